The van der Waals surface area contributed by atoms with Gasteiger partial charge in [-0.15, -0.1) is 0 Å². The summed E-state index contributed by atoms with van der Waals surface area (Å²) in [6, 6.07) is 17.9. The van der Waals surface area contributed by atoms with Crippen LogP contribution in [0.4, 0.5) is 0 Å². The van der Waals surface area contributed by atoms with Gasteiger partial charge in [0.25, 0.3) is 0 Å². The Morgan fingerprint density at radius 1 is 0.750 bits per heavy atom. The summed E-state index contributed by atoms with van der Waals surface area (Å²) >= 11 is 0. The van der Waals surface area contributed by atoms with E-state index in [9.17, 15) is 43.8 Å². The van der Waals surface area contributed by atoms with E-state index in [0.29, 0.717) is 0 Å². The van der Waals surface area contributed by atoms with Gasteiger partial charge in [-0.2, -0.15) is 0 Å². The second kappa shape index (κ2) is 17.0. The molecule has 0 radical (unpaired) electrons. The lowest BCUT2D eigenvalue weighted by molar-refractivity contribution is -0.384. The molecule has 1 spiro atoms. The van der Waals surface area contributed by atoms with E-state index in [-0.39, 0.29) is 22.4 Å². The lowest BCUT2D eigenvalue weighted by atomic mass is 9.45. The highest BCUT2D eigenvalue weighted by atomic mass is 16.7. The molecule has 340 valence electrons. The number of aliphatic hydroxyl groups is 2. The van der Waals surface area contributed by atoms with Gasteiger partial charge >= 0.3 is 41.8 Å². The fourth-order valence-electron chi connectivity index (χ4n) is 10.1. The number of nitrogens with zero attached hydrogens (tertiary/aromatic N) is 1. The van der Waals surface area contributed by atoms with E-state index in [4.69, 9.17) is 37.9 Å². The number of esters is 7. The van der Waals surface area contributed by atoms with Crippen molar-refractivity contribution in [3.63, 3.8) is 0 Å². The maximum absolute atomic E-state index is 14.5. The average Bonchev–Trinajstić information content (AvgIpc) is 3.49. The monoisotopic (exact) mass is 887 g/mol. The molecule has 0 unspecified atom stereocenters. The zero-order chi connectivity index (χ0) is 46.5. The van der Waals surface area contributed by atoms with Gasteiger partial charge < -0.3 is 48.1 Å². The quantitative estimate of drug-likeness (QED) is 0.244. The van der Waals surface area contributed by atoms with Gasteiger partial charge in [-0.05, 0) is 50.2 Å². The van der Waals surface area contributed by atoms with Crippen LogP contribution in [0.15, 0.2) is 79.0 Å². The molecule has 0 amide bonds. The predicted octanol–water partition coefficient (Wildman–Crippen LogP) is 3.05. The number of rotatable bonds is 8. The van der Waals surface area contributed by atoms with E-state index < -0.39 is 132 Å². The number of hydrogen-bond acceptors (Lipinski definition) is 18. The number of ether oxygens (including phenoxy) is 8. The first-order valence-electron chi connectivity index (χ1n) is 20.6. The molecule has 4 bridgehead atoms. The summed E-state index contributed by atoms with van der Waals surface area (Å²) < 4.78 is 49.9. The van der Waals surface area contributed by atoms with E-state index in [2.05, 4.69) is 4.98 Å². The van der Waals surface area contributed by atoms with Crippen LogP contribution < -0.4 is 0 Å². The molecule has 2 aliphatic heterocycles. The highest BCUT2D eigenvalue weighted by Gasteiger charge is 2.91. The Bertz CT molecular complexity index is 2340. The van der Waals surface area contributed by atoms with E-state index >= 15 is 0 Å². The zero-order valence-electron chi connectivity index (χ0n) is 36.1. The maximum atomic E-state index is 14.5. The van der Waals surface area contributed by atoms with Crippen molar-refractivity contribution < 1.29 is 81.7 Å². The van der Waals surface area contributed by atoms with E-state index in [0.717, 1.165) is 27.7 Å². The van der Waals surface area contributed by atoms with Gasteiger partial charge in [0, 0.05) is 32.9 Å². The molecular formula is C46H49NO17. The minimum atomic E-state index is -2.87. The minimum Gasteiger partial charge on any atom is -0.465 e. The summed E-state index contributed by atoms with van der Waals surface area (Å²) in [5.41, 5.74) is -10.5. The number of benzene rings is 2. The number of cyclic esters (lactones) is 1. The van der Waals surface area contributed by atoms with Crippen molar-refractivity contribution in [3.8, 4) is 0 Å². The number of aromatic nitrogens is 1. The summed E-state index contributed by atoms with van der Waals surface area (Å²) in [6.45, 7) is 6.76. The number of aliphatic hydroxyl groups excluding tert-OH is 1. The van der Waals surface area contributed by atoms with Gasteiger partial charge in [0.05, 0.1) is 34.2 Å². The Morgan fingerprint density at radius 3 is 1.89 bits per heavy atom. The van der Waals surface area contributed by atoms with Crippen LogP contribution in [0, 0.1) is 17.3 Å². The molecule has 2 N–H and O–H groups in total. The van der Waals surface area contributed by atoms with Crippen molar-refractivity contribution in [1.29, 1.82) is 0 Å². The van der Waals surface area contributed by atoms with Gasteiger partial charge in [0.2, 0.25) is 0 Å². The predicted molar refractivity (Wildman–Crippen MR) is 216 cm³/mol. The van der Waals surface area contributed by atoms with Gasteiger partial charge in [-0.3, -0.25) is 24.2 Å². The third-order valence-corrected chi connectivity index (χ3v) is 13.1. The highest BCUT2D eigenvalue weighted by molar-refractivity contribution is 5.92. The van der Waals surface area contributed by atoms with Crippen molar-refractivity contribution in [3.05, 3.63) is 101 Å². The Kier molecular flexibility index (Phi) is 12.2. The highest BCUT2D eigenvalue weighted by Crippen LogP contribution is 2.70. The van der Waals surface area contributed by atoms with E-state index in [1.807, 2.05) is 0 Å². The molecule has 18 heteroatoms. The minimum absolute atomic E-state index is 0.0218. The molecule has 2 saturated carbocycles. The fourth-order valence-corrected chi connectivity index (χ4v) is 10.1. The molecule has 1 saturated heterocycles. The molecule has 64 heavy (non-hydrogen) atoms. The summed E-state index contributed by atoms with van der Waals surface area (Å²) in [6.07, 6.45) is -11.2. The van der Waals surface area contributed by atoms with Gasteiger partial charge in [0.1, 0.15) is 54.2 Å². The van der Waals surface area contributed by atoms with Gasteiger partial charge in [-0.1, -0.05) is 50.2 Å². The molecule has 13 atom stereocenters. The smallest absolute Gasteiger partial charge is 0.340 e. The normalized spacial score (nSPS) is 35.3. The maximum Gasteiger partial charge on any atom is 0.340 e. The molecule has 3 fully saturated rings. The second-order valence-electron chi connectivity index (χ2n) is 17.1. The van der Waals surface area contributed by atoms with Crippen LogP contribution in [0.2, 0.25) is 0 Å². The van der Waals surface area contributed by atoms with Crippen LogP contribution in [-0.2, 0) is 57.1 Å². The molecule has 18 nitrogen and oxygen atoms in total. The van der Waals surface area contributed by atoms with E-state index in [1.165, 1.54) is 68.6 Å². The molecule has 3 heterocycles. The number of carbonyl (C=O) groups is 7. The number of hydrogen-bond donors (Lipinski definition) is 2. The molecule has 1 aromatic heterocycles. The first-order valence-corrected chi connectivity index (χ1v) is 20.6. The first kappa shape index (κ1) is 45.8. The van der Waals surface area contributed by atoms with Crippen LogP contribution in [0.3, 0.4) is 0 Å². The number of pyridine rings is 1. The summed E-state index contributed by atoms with van der Waals surface area (Å²) in [5.74, 6) is -10.8. The van der Waals surface area contributed by atoms with Crippen LogP contribution in [0.25, 0.3) is 0 Å². The van der Waals surface area contributed by atoms with Crippen molar-refractivity contribution in [1.82, 2.24) is 4.98 Å². The van der Waals surface area contributed by atoms with Crippen molar-refractivity contribution in [2.45, 2.75) is 108 Å². The third kappa shape index (κ3) is 7.36. The van der Waals surface area contributed by atoms with Gasteiger partial charge in [0.15, 0.2) is 17.8 Å². The Balaban J connectivity index is 1.61. The third-order valence-electron chi connectivity index (χ3n) is 13.1. The van der Waals surface area contributed by atoms with Crippen molar-refractivity contribution in [2.75, 3.05) is 13.2 Å². The molecule has 2 aliphatic carbocycles. The standard InChI is InChI=1S/C46H49NO17/c1-23-24(2)39(52)62-36-33(51)37(63-41(54)29-17-12-9-13-18-29)45(22-57-25(3)48)38(60-27(5)50)34(59-26(4)49)31-35(61-40(53)28-15-10-8-11-16-28)46(45,44(36,7)56)64-43(31,6)21-58-42(55)30-19-14-20-47-32(23)30/h8-20,23-24,31,33-38,51,56H,21-22H2,1-7H3/t23-,24-,31+,33-,34+,35+,36-,37-,38+,43-,44-,45-,46-/m0/s1. The summed E-state index contributed by atoms with van der Waals surface area (Å²) in [7, 11) is 0. The molecule has 4 aliphatic rings. The molecular weight excluding hydrogens is 838 g/mol. The van der Waals surface area contributed by atoms with Crippen molar-refractivity contribution >= 4 is 41.8 Å². The topological polar surface area (TPSA) is 247 Å². The average molecular weight is 888 g/mol. The Labute approximate surface area is 367 Å². The van der Waals surface area contributed by atoms with Crippen LogP contribution in [0.1, 0.15) is 91.2 Å². The lowest BCUT2D eigenvalue weighted by Gasteiger charge is -2.67. The van der Waals surface area contributed by atoms with Crippen LogP contribution in [-0.4, -0.2) is 124 Å². The first-order chi connectivity index (χ1) is 30.2. The van der Waals surface area contributed by atoms with Crippen molar-refractivity contribution in [2.24, 2.45) is 17.3 Å². The number of carbonyl (C=O) groups excluding carboxylic acids is 7. The summed E-state index contributed by atoms with van der Waals surface area (Å²) in [4.78, 5) is 102. The van der Waals surface area contributed by atoms with Crippen LogP contribution in [0.5, 0.6) is 0 Å². The Hall–Kier alpha value is -6.24. The zero-order valence-corrected chi connectivity index (χ0v) is 36.1. The summed E-state index contributed by atoms with van der Waals surface area (Å²) in [5, 5.41) is 26.4. The molecule has 2 aromatic carbocycles. The number of fused-ring (bicyclic) bond motifs is 5. The van der Waals surface area contributed by atoms with E-state index in [1.54, 1.807) is 31.2 Å². The SMILES string of the molecule is CC(=O)OC[C@]12[C@H](OC(C)=O)[C@H](OC(C)=O)[C@@H]3[C@@H](OC(=O)c4ccccc4)[C@@]14O[C@@]3(C)COC(=O)c1cccnc1[C@@H](C)[C@H](C)C(=O)O[C@@H]([C@H](O)[C@@H]2OC(=O)c1ccccc1)[C@]4(C)O. The van der Waals surface area contributed by atoms with Crippen LogP contribution >= 0.6 is 0 Å². The lowest BCUT2D eigenvalue weighted by Crippen LogP contribution is -2.89. The molecule has 7 rings (SSSR count). The molecule has 3 aromatic rings. The Morgan fingerprint density at radius 2 is 1.33 bits per heavy atom. The second-order valence-corrected chi connectivity index (χ2v) is 17.1. The fraction of sp³-hybridized carbons (Fsp3) is 0.478. The largest absolute Gasteiger partial charge is 0.465 e. The van der Waals surface area contributed by atoms with Gasteiger partial charge in [-0.25, -0.2) is 14.4 Å².